The summed E-state index contributed by atoms with van der Waals surface area (Å²) >= 11 is 0. The normalized spacial score (nSPS) is 19.2. The van der Waals surface area contributed by atoms with Crippen molar-refractivity contribution in [3.05, 3.63) is 42.4 Å². The van der Waals surface area contributed by atoms with Gasteiger partial charge in [-0.3, -0.25) is 9.97 Å². The standard InChI is InChI=1S/C20H27BN2O2/c1-18(2,3)17-12-14(10-11-22-17)16-9-8-15(13-23-16)21-24-19(4,5)20(6,7)25-21/h8-13H,1-7H3. The first kappa shape index (κ1) is 18.1. The molecule has 1 aliphatic heterocycles. The van der Waals surface area contributed by atoms with Crippen molar-refractivity contribution in [3.63, 3.8) is 0 Å². The number of pyridine rings is 2. The molecule has 5 heteroatoms. The van der Waals surface area contributed by atoms with Crippen molar-refractivity contribution in [2.45, 2.75) is 65.1 Å². The zero-order valence-electron chi connectivity index (χ0n) is 16.3. The molecule has 0 atom stereocenters. The van der Waals surface area contributed by atoms with E-state index in [1.807, 2.05) is 30.6 Å². The molecule has 0 aromatic carbocycles. The molecule has 132 valence electrons. The number of aromatic nitrogens is 2. The molecule has 0 amide bonds. The Labute approximate surface area is 151 Å². The molecule has 3 rings (SSSR count). The van der Waals surface area contributed by atoms with Gasteiger partial charge in [0, 0.05) is 34.5 Å². The van der Waals surface area contributed by atoms with Gasteiger partial charge in [0.25, 0.3) is 0 Å². The Morgan fingerprint density at radius 2 is 1.56 bits per heavy atom. The number of nitrogens with zero attached hydrogens (tertiary/aromatic N) is 2. The highest BCUT2D eigenvalue weighted by molar-refractivity contribution is 6.62. The van der Waals surface area contributed by atoms with Crippen LogP contribution < -0.4 is 5.46 Å². The highest BCUT2D eigenvalue weighted by Crippen LogP contribution is 2.36. The molecule has 0 aliphatic carbocycles. The molecule has 3 heterocycles. The van der Waals surface area contributed by atoms with Crippen LogP contribution in [0, 0.1) is 0 Å². The summed E-state index contributed by atoms with van der Waals surface area (Å²) in [6, 6.07) is 8.15. The maximum Gasteiger partial charge on any atom is 0.496 e. The van der Waals surface area contributed by atoms with Crippen LogP contribution in [0.4, 0.5) is 0 Å². The Hall–Kier alpha value is -1.72. The Morgan fingerprint density at radius 3 is 2.08 bits per heavy atom. The average molecular weight is 338 g/mol. The summed E-state index contributed by atoms with van der Waals surface area (Å²) in [6.07, 6.45) is 3.69. The summed E-state index contributed by atoms with van der Waals surface area (Å²) < 4.78 is 12.2. The zero-order valence-corrected chi connectivity index (χ0v) is 16.3. The van der Waals surface area contributed by atoms with Gasteiger partial charge in [-0.1, -0.05) is 26.8 Å². The largest absolute Gasteiger partial charge is 0.496 e. The molecule has 0 bridgehead atoms. The third-order valence-electron chi connectivity index (χ3n) is 5.14. The van der Waals surface area contributed by atoms with Crippen LogP contribution in [0.1, 0.15) is 54.2 Å². The molecule has 0 radical (unpaired) electrons. The molecule has 0 saturated carbocycles. The van der Waals surface area contributed by atoms with Crippen LogP contribution in [-0.2, 0) is 14.7 Å². The topological polar surface area (TPSA) is 44.2 Å². The van der Waals surface area contributed by atoms with Gasteiger partial charge in [-0.2, -0.15) is 0 Å². The van der Waals surface area contributed by atoms with Crippen LogP contribution in [0.5, 0.6) is 0 Å². The Morgan fingerprint density at radius 1 is 0.920 bits per heavy atom. The van der Waals surface area contributed by atoms with E-state index in [0.717, 1.165) is 22.4 Å². The molecule has 0 unspecified atom stereocenters. The van der Waals surface area contributed by atoms with E-state index in [1.54, 1.807) is 0 Å². The lowest BCUT2D eigenvalue weighted by Crippen LogP contribution is -2.41. The van der Waals surface area contributed by atoms with Crippen LogP contribution in [0.3, 0.4) is 0 Å². The highest BCUT2D eigenvalue weighted by atomic mass is 16.7. The maximum atomic E-state index is 6.09. The van der Waals surface area contributed by atoms with Crippen LogP contribution in [-0.4, -0.2) is 28.3 Å². The second-order valence-corrected chi connectivity index (χ2v) is 8.74. The van der Waals surface area contributed by atoms with Crippen molar-refractivity contribution < 1.29 is 9.31 Å². The summed E-state index contributed by atoms with van der Waals surface area (Å²) in [5.41, 5.74) is 3.31. The SMILES string of the molecule is CC(C)(C)c1cc(-c2ccc(B3OC(C)(C)C(C)(C)O3)cn2)ccn1. The van der Waals surface area contributed by atoms with E-state index in [-0.39, 0.29) is 23.7 Å². The monoisotopic (exact) mass is 338 g/mol. The lowest BCUT2D eigenvalue weighted by atomic mass is 9.80. The lowest BCUT2D eigenvalue weighted by Gasteiger charge is -2.32. The van der Waals surface area contributed by atoms with E-state index < -0.39 is 0 Å². The Bertz CT molecular complexity index is 748. The third-order valence-corrected chi connectivity index (χ3v) is 5.14. The fraction of sp³-hybridized carbons (Fsp3) is 0.500. The molecular formula is C20H27BN2O2. The van der Waals surface area contributed by atoms with E-state index in [0.29, 0.717) is 0 Å². The van der Waals surface area contributed by atoms with Crippen LogP contribution in [0.2, 0.25) is 0 Å². The minimum absolute atomic E-state index is 0.0125. The van der Waals surface area contributed by atoms with Crippen molar-refractivity contribution in [1.82, 2.24) is 9.97 Å². The van der Waals surface area contributed by atoms with Crippen molar-refractivity contribution in [2.24, 2.45) is 0 Å². The summed E-state index contributed by atoms with van der Waals surface area (Å²) in [5, 5.41) is 0. The molecule has 0 N–H and O–H groups in total. The first-order valence-electron chi connectivity index (χ1n) is 8.78. The maximum absolute atomic E-state index is 6.09. The summed E-state index contributed by atoms with van der Waals surface area (Å²) in [7, 11) is -0.380. The molecular weight excluding hydrogens is 311 g/mol. The molecule has 1 saturated heterocycles. The molecule has 0 spiro atoms. The Kier molecular flexibility index (Phi) is 4.29. The highest BCUT2D eigenvalue weighted by Gasteiger charge is 2.51. The van der Waals surface area contributed by atoms with Crippen molar-refractivity contribution in [1.29, 1.82) is 0 Å². The van der Waals surface area contributed by atoms with Gasteiger partial charge in [-0.15, -0.1) is 0 Å². The fourth-order valence-corrected chi connectivity index (χ4v) is 2.69. The lowest BCUT2D eigenvalue weighted by molar-refractivity contribution is 0.00578. The average Bonchev–Trinajstić information content (AvgIpc) is 2.75. The van der Waals surface area contributed by atoms with E-state index in [9.17, 15) is 0 Å². The number of rotatable bonds is 2. The summed E-state index contributed by atoms with van der Waals surface area (Å²) in [6.45, 7) is 14.7. The van der Waals surface area contributed by atoms with Gasteiger partial charge < -0.3 is 9.31 Å². The van der Waals surface area contributed by atoms with E-state index >= 15 is 0 Å². The van der Waals surface area contributed by atoms with Gasteiger partial charge in [0.2, 0.25) is 0 Å². The second kappa shape index (κ2) is 5.92. The van der Waals surface area contributed by atoms with Crippen LogP contribution >= 0.6 is 0 Å². The van der Waals surface area contributed by atoms with Gasteiger partial charge in [0.15, 0.2) is 0 Å². The van der Waals surface area contributed by atoms with E-state index in [4.69, 9.17) is 9.31 Å². The second-order valence-electron chi connectivity index (χ2n) is 8.74. The third kappa shape index (κ3) is 3.49. The van der Waals surface area contributed by atoms with Gasteiger partial charge in [0.1, 0.15) is 0 Å². The first-order chi connectivity index (χ1) is 11.5. The molecule has 4 nitrogen and oxygen atoms in total. The Balaban J connectivity index is 1.85. The van der Waals surface area contributed by atoms with Crippen molar-refractivity contribution in [3.8, 4) is 11.3 Å². The summed E-state index contributed by atoms with van der Waals surface area (Å²) in [5.74, 6) is 0. The predicted octanol–water partition coefficient (Wildman–Crippen LogP) is 3.74. The molecule has 1 aliphatic rings. The summed E-state index contributed by atoms with van der Waals surface area (Å²) in [4.78, 5) is 9.11. The minimum atomic E-state index is -0.380. The number of hydrogen-bond acceptors (Lipinski definition) is 4. The van der Waals surface area contributed by atoms with Crippen molar-refractivity contribution >= 4 is 12.6 Å². The zero-order chi connectivity index (χ0) is 18.5. The predicted molar refractivity (Wildman–Crippen MR) is 102 cm³/mol. The molecule has 1 fully saturated rings. The quantitative estimate of drug-likeness (QED) is 0.783. The first-order valence-corrected chi connectivity index (χ1v) is 8.78. The van der Waals surface area contributed by atoms with Gasteiger partial charge >= 0.3 is 7.12 Å². The molecule has 2 aromatic rings. The van der Waals surface area contributed by atoms with Gasteiger partial charge in [-0.05, 0) is 45.9 Å². The molecule has 25 heavy (non-hydrogen) atoms. The van der Waals surface area contributed by atoms with Gasteiger partial charge in [0.05, 0.1) is 16.9 Å². The van der Waals surface area contributed by atoms with E-state index in [2.05, 4.69) is 64.5 Å². The van der Waals surface area contributed by atoms with Crippen LogP contribution in [0.15, 0.2) is 36.7 Å². The van der Waals surface area contributed by atoms with Crippen molar-refractivity contribution in [2.75, 3.05) is 0 Å². The minimum Gasteiger partial charge on any atom is -0.399 e. The number of hydrogen-bond donors (Lipinski definition) is 0. The fourth-order valence-electron chi connectivity index (χ4n) is 2.69. The van der Waals surface area contributed by atoms with Crippen LogP contribution in [0.25, 0.3) is 11.3 Å². The smallest absolute Gasteiger partial charge is 0.399 e. The van der Waals surface area contributed by atoms with Gasteiger partial charge in [-0.25, -0.2) is 0 Å². The van der Waals surface area contributed by atoms with E-state index in [1.165, 1.54) is 0 Å². The molecule has 2 aromatic heterocycles.